The second-order valence-electron chi connectivity index (χ2n) is 4.60. The summed E-state index contributed by atoms with van der Waals surface area (Å²) in [6.45, 7) is 5.74. The van der Waals surface area contributed by atoms with Crippen LogP contribution in [-0.4, -0.2) is 63.7 Å². The third-order valence-electron chi connectivity index (χ3n) is 2.28. The first-order chi connectivity index (χ1) is 6.52. The molecule has 0 saturated carbocycles. The number of hydrogen-bond donors (Lipinski definition) is 1. The van der Waals surface area contributed by atoms with Crippen molar-refractivity contribution in [3.8, 4) is 0 Å². The lowest BCUT2D eigenvalue weighted by molar-refractivity contribution is 0.354. The van der Waals surface area contributed by atoms with E-state index in [1.165, 1.54) is 25.9 Å². The molecule has 86 valence electrons. The Labute approximate surface area is 89.5 Å². The van der Waals surface area contributed by atoms with Gasteiger partial charge in [0.2, 0.25) is 0 Å². The number of rotatable bonds is 8. The standard InChI is InChI=1S/C11H27N3/c1-11(7-10-14(4)5)12-8-6-9-13(2)3/h11-12H,6-10H2,1-5H3. The van der Waals surface area contributed by atoms with Crippen LogP contribution in [0.5, 0.6) is 0 Å². The Bertz CT molecular complexity index is 124. The number of nitrogens with zero attached hydrogens (tertiary/aromatic N) is 2. The fourth-order valence-corrected chi connectivity index (χ4v) is 1.30. The zero-order valence-electron chi connectivity index (χ0n) is 10.5. The molecule has 0 aliphatic rings. The first-order valence-corrected chi connectivity index (χ1v) is 5.55. The van der Waals surface area contributed by atoms with Gasteiger partial charge in [0.1, 0.15) is 0 Å². The monoisotopic (exact) mass is 201 g/mol. The summed E-state index contributed by atoms with van der Waals surface area (Å²) in [5, 5.41) is 3.54. The largest absolute Gasteiger partial charge is 0.314 e. The Morgan fingerprint density at radius 3 is 2.07 bits per heavy atom. The molecular weight excluding hydrogens is 174 g/mol. The van der Waals surface area contributed by atoms with Crippen molar-refractivity contribution in [1.29, 1.82) is 0 Å². The van der Waals surface area contributed by atoms with Crippen LogP contribution in [0.2, 0.25) is 0 Å². The molecule has 3 heteroatoms. The van der Waals surface area contributed by atoms with Crippen LogP contribution >= 0.6 is 0 Å². The summed E-state index contributed by atoms with van der Waals surface area (Å²) >= 11 is 0. The SMILES string of the molecule is CC(CCN(C)C)NCCCN(C)C. The van der Waals surface area contributed by atoms with Crippen LogP contribution in [0.1, 0.15) is 19.8 Å². The van der Waals surface area contributed by atoms with Crippen molar-refractivity contribution in [1.82, 2.24) is 15.1 Å². The normalized spacial score (nSPS) is 13.9. The van der Waals surface area contributed by atoms with E-state index in [9.17, 15) is 0 Å². The zero-order valence-corrected chi connectivity index (χ0v) is 10.5. The Morgan fingerprint density at radius 2 is 1.57 bits per heavy atom. The molecule has 0 radical (unpaired) electrons. The molecule has 0 saturated heterocycles. The summed E-state index contributed by atoms with van der Waals surface area (Å²) in [4.78, 5) is 4.46. The smallest absolute Gasteiger partial charge is 0.00509 e. The molecule has 1 unspecified atom stereocenters. The summed E-state index contributed by atoms with van der Waals surface area (Å²) in [6, 6.07) is 0.638. The van der Waals surface area contributed by atoms with E-state index in [4.69, 9.17) is 0 Å². The zero-order chi connectivity index (χ0) is 11.0. The third-order valence-corrected chi connectivity index (χ3v) is 2.28. The van der Waals surface area contributed by atoms with Crippen LogP contribution < -0.4 is 5.32 Å². The minimum absolute atomic E-state index is 0.638. The fraction of sp³-hybridized carbons (Fsp3) is 1.00. The Hall–Kier alpha value is -0.120. The highest BCUT2D eigenvalue weighted by atomic mass is 15.1. The van der Waals surface area contributed by atoms with Gasteiger partial charge in [-0.25, -0.2) is 0 Å². The molecule has 0 aromatic carbocycles. The van der Waals surface area contributed by atoms with E-state index in [2.05, 4.69) is 50.2 Å². The number of hydrogen-bond acceptors (Lipinski definition) is 3. The van der Waals surface area contributed by atoms with Gasteiger partial charge in [0.05, 0.1) is 0 Å². The molecule has 0 spiro atoms. The molecule has 0 bridgehead atoms. The highest BCUT2D eigenvalue weighted by molar-refractivity contribution is 4.62. The minimum Gasteiger partial charge on any atom is -0.314 e. The fourth-order valence-electron chi connectivity index (χ4n) is 1.30. The molecular formula is C11H27N3. The van der Waals surface area contributed by atoms with Gasteiger partial charge in [0.25, 0.3) is 0 Å². The topological polar surface area (TPSA) is 18.5 Å². The Morgan fingerprint density at radius 1 is 1.00 bits per heavy atom. The van der Waals surface area contributed by atoms with Gasteiger partial charge in [-0.3, -0.25) is 0 Å². The van der Waals surface area contributed by atoms with E-state index in [0.717, 1.165) is 6.54 Å². The molecule has 0 aromatic heterocycles. The Kier molecular flexibility index (Phi) is 8.14. The second-order valence-corrected chi connectivity index (χ2v) is 4.60. The van der Waals surface area contributed by atoms with E-state index in [1.54, 1.807) is 0 Å². The first kappa shape index (κ1) is 13.9. The van der Waals surface area contributed by atoms with Crippen molar-refractivity contribution in [2.75, 3.05) is 47.8 Å². The molecule has 0 aromatic rings. The molecule has 3 nitrogen and oxygen atoms in total. The minimum atomic E-state index is 0.638. The predicted octanol–water partition coefficient (Wildman–Crippen LogP) is 0.868. The molecule has 1 N–H and O–H groups in total. The van der Waals surface area contributed by atoms with Gasteiger partial charge in [-0.2, -0.15) is 0 Å². The van der Waals surface area contributed by atoms with Gasteiger partial charge in [-0.1, -0.05) is 0 Å². The first-order valence-electron chi connectivity index (χ1n) is 5.55. The molecule has 1 atom stereocenters. The number of nitrogens with one attached hydrogen (secondary N) is 1. The summed E-state index contributed by atoms with van der Waals surface area (Å²) < 4.78 is 0. The van der Waals surface area contributed by atoms with E-state index in [1.807, 2.05) is 0 Å². The summed E-state index contributed by atoms with van der Waals surface area (Å²) in [5.41, 5.74) is 0. The predicted molar refractivity (Wildman–Crippen MR) is 63.8 cm³/mol. The summed E-state index contributed by atoms with van der Waals surface area (Å²) in [5.74, 6) is 0. The molecule has 14 heavy (non-hydrogen) atoms. The summed E-state index contributed by atoms with van der Waals surface area (Å²) in [7, 11) is 8.49. The maximum atomic E-state index is 3.54. The molecule has 0 aliphatic carbocycles. The van der Waals surface area contributed by atoms with Gasteiger partial charge >= 0.3 is 0 Å². The van der Waals surface area contributed by atoms with Gasteiger partial charge < -0.3 is 15.1 Å². The van der Waals surface area contributed by atoms with Crippen LogP contribution in [-0.2, 0) is 0 Å². The van der Waals surface area contributed by atoms with E-state index in [0.29, 0.717) is 6.04 Å². The van der Waals surface area contributed by atoms with Crippen molar-refractivity contribution >= 4 is 0 Å². The van der Waals surface area contributed by atoms with E-state index >= 15 is 0 Å². The maximum absolute atomic E-state index is 3.54. The second kappa shape index (κ2) is 8.21. The van der Waals surface area contributed by atoms with Crippen molar-refractivity contribution in [3.63, 3.8) is 0 Å². The van der Waals surface area contributed by atoms with Gasteiger partial charge in [0.15, 0.2) is 0 Å². The van der Waals surface area contributed by atoms with Crippen molar-refractivity contribution < 1.29 is 0 Å². The van der Waals surface area contributed by atoms with Gasteiger partial charge in [-0.05, 0) is 67.6 Å². The van der Waals surface area contributed by atoms with Crippen LogP contribution in [0.3, 0.4) is 0 Å². The average Bonchev–Trinajstić information content (AvgIpc) is 2.08. The van der Waals surface area contributed by atoms with Crippen LogP contribution in [0.4, 0.5) is 0 Å². The van der Waals surface area contributed by atoms with Crippen LogP contribution in [0.15, 0.2) is 0 Å². The highest BCUT2D eigenvalue weighted by Gasteiger charge is 2.01. The average molecular weight is 201 g/mol. The molecule has 0 rings (SSSR count). The highest BCUT2D eigenvalue weighted by Crippen LogP contribution is 1.92. The summed E-state index contributed by atoms with van der Waals surface area (Å²) in [6.07, 6.45) is 2.47. The van der Waals surface area contributed by atoms with Crippen molar-refractivity contribution in [2.24, 2.45) is 0 Å². The van der Waals surface area contributed by atoms with Crippen molar-refractivity contribution in [2.45, 2.75) is 25.8 Å². The maximum Gasteiger partial charge on any atom is 0.00509 e. The molecule has 0 fully saturated rings. The lowest BCUT2D eigenvalue weighted by atomic mass is 10.2. The van der Waals surface area contributed by atoms with Crippen LogP contribution in [0, 0.1) is 0 Å². The Balaban J connectivity index is 3.22. The third kappa shape index (κ3) is 9.96. The molecule has 0 amide bonds. The molecule has 0 heterocycles. The van der Waals surface area contributed by atoms with E-state index < -0.39 is 0 Å². The van der Waals surface area contributed by atoms with Crippen molar-refractivity contribution in [3.05, 3.63) is 0 Å². The quantitative estimate of drug-likeness (QED) is 0.588. The van der Waals surface area contributed by atoms with E-state index in [-0.39, 0.29) is 0 Å². The van der Waals surface area contributed by atoms with Crippen LogP contribution in [0.25, 0.3) is 0 Å². The lowest BCUT2D eigenvalue weighted by Gasteiger charge is -2.17. The molecule has 0 aliphatic heterocycles. The lowest BCUT2D eigenvalue weighted by Crippen LogP contribution is -2.31. The van der Waals surface area contributed by atoms with Gasteiger partial charge in [-0.15, -0.1) is 0 Å². The van der Waals surface area contributed by atoms with Gasteiger partial charge in [0, 0.05) is 6.04 Å².